The van der Waals surface area contributed by atoms with Crippen molar-refractivity contribution in [3.05, 3.63) is 57.0 Å². The summed E-state index contributed by atoms with van der Waals surface area (Å²) >= 11 is 18.9. The summed E-state index contributed by atoms with van der Waals surface area (Å²) < 4.78 is 11.2. The van der Waals surface area contributed by atoms with Crippen LogP contribution in [0, 0.1) is 0 Å². The van der Waals surface area contributed by atoms with Crippen LogP contribution in [0.2, 0.25) is 15.1 Å². The van der Waals surface area contributed by atoms with E-state index in [1.807, 2.05) is 19.9 Å². The lowest BCUT2D eigenvalue weighted by Crippen LogP contribution is -2.38. The van der Waals surface area contributed by atoms with E-state index in [1.165, 1.54) is 0 Å². The van der Waals surface area contributed by atoms with Crippen molar-refractivity contribution < 1.29 is 14.3 Å². The standard InChI is InChI=1S/C24H28Cl3NO3/c1-23(2,30-3)12-13-31-21-9-7-17(15-20(21)27)28-22(29)24(10-4-5-11-24)18-8-6-16(25)14-19(18)26/h6-9,14-15H,4-5,10-13H2,1-3H3,(H,28,29). The van der Waals surface area contributed by atoms with Gasteiger partial charge in [0.2, 0.25) is 5.91 Å². The van der Waals surface area contributed by atoms with Crippen molar-refractivity contribution in [1.29, 1.82) is 0 Å². The van der Waals surface area contributed by atoms with E-state index in [-0.39, 0.29) is 11.5 Å². The van der Waals surface area contributed by atoms with Crippen LogP contribution in [0.3, 0.4) is 0 Å². The normalized spacial score (nSPS) is 15.7. The molecule has 0 bridgehead atoms. The van der Waals surface area contributed by atoms with E-state index < -0.39 is 5.41 Å². The maximum absolute atomic E-state index is 13.4. The van der Waals surface area contributed by atoms with Crippen LogP contribution in [0.15, 0.2) is 36.4 Å². The van der Waals surface area contributed by atoms with Gasteiger partial charge in [0.05, 0.1) is 22.6 Å². The van der Waals surface area contributed by atoms with Crippen molar-refractivity contribution in [3.63, 3.8) is 0 Å². The zero-order valence-electron chi connectivity index (χ0n) is 18.1. The first-order chi connectivity index (χ1) is 14.7. The molecule has 1 amide bonds. The highest BCUT2D eigenvalue weighted by atomic mass is 35.5. The van der Waals surface area contributed by atoms with Crippen LogP contribution in [0.4, 0.5) is 5.69 Å². The van der Waals surface area contributed by atoms with Gasteiger partial charge in [-0.2, -0.15) is 0 Å². The van der Waals surface area contributed by atoms with Gasteiger partial charge in [-0.15, -0.1) is 0 Å². The number of rotatable bonds is 8. The first kappa shape index (κ1) is 24.2. The third-order valence-electron chi connectivity index (χ3n) is 6.04. The summed E-state index contributed by atoms with van der Waals surface area (Å²) in [6, 6.07) is 10.6. The molecule has 31 heavy (non-hydrogen) atoms. The number of hydrogen-bond donors (Lipinski definition) is 1. The van der Waals surface area contributed by atoms with Crippen LogP contribution in [0.1, 0.15) is 51.5 Å². The van der Waals surface area contributed by atoms with Gasteiger partial charge < -0.3 is 14.8 Å². The molecule has 1 aliphatic carbocycles. The lowest BCUT2D eigenvalue weighted by atomic mass is 9.78. The molecule has 1 aliphatic rings. The van der Waals surface area contributed by atoms with Crippen molar-refractivity contribution in [2.75, 3.05) is 19.0 Å². The minimum atomic E-state index is -0.672. The van der Waals surface area contributed by atoms with Gasteiger partial charge in [-0.3, -0.25) is 4.79 Å². The quantitative estimate of drug-likeness (QED) is 0.428. The Kier molecular flexibility index (Phi) is 7.80. The second kappa shape index (κ2) is 9.99. The van der Waals surface area contributed by atoms with Crippen LogP contribution in [0.5, 0.6) is 5.75 Å². The molecule has 0 radical (unpaired) electrons. The Balaban J connectivity index is 1.73. The summed E-state index contributed by atoms with van der Waals surface area (Å²) in [5.41, 5.74) is 0.505. The molecule has 2 aromatic carbocycles. The smallest absolute Gasteiger partial charge is 0.235 e. The van der Waals surface area contributed by atoms with Gasteiger partial charge in [0.15, 0.2) is 0 Å². The molecular formula is C24H28Cl3NO3. The molecule has 0 atom stereocenters. The number of nitrogens with one attached hydrogen (secondary N) is 1. The lowest BCUT2D eigenvalue weighted by Gasteiger charge is -2.29. The van der Waals surface area contributed by atoms with E-state index in [4.69, 9.17) is 44.3 Å². The molecule has 1 fully saturated rings. The van der Waals surface area contributed by atoms with E-state index in [2.05, 4.69) is 5.32 Å². The largest absolute Gasteiger partial charge is 0.492 e. The zero-order valence-corrected chi connectivity index (χ0v) is 20.3. The number of ether oxygens (including phenoxy) is 2. The molecule has 0 spiro atoms. The van der Waals surface area contributed by atoms with Crippen molar-refractivity contribution in [2.45, 2.75) is 57.0 Å². The molecule has 0 aliphatic heterocycles. The van der Waals surface area contributed by atoms with Gasteiger partial charge >= 0.3 is 0 Å². The second-order valence-corrected chi connectivity index (χ2v) is 9.83. The molecule has 168 valence electrons. The van der Waals surface area contributed by atoms with Crippen LogP contribution >= 0.6 is 34.8 Å². The van der Waals surface area contributed by atoms with Gasteiger partial charge in [-0.05, 0) is 62.6 Å². The monoisotopic (exact) mass is 483 g/mol. The number of carbonyl (C=O) groups excluding carboxylic acids is 1. The minimum absolute atomic E-state index is 0.0826. The molecule has 1 N–H and O–H groups in total. The Morgan fingerprint density at radius 2 is 1.77 bits per heavy atom. The van der Waals surface area contributed by atoms with E-state index in [1.54, 1.807) is 37.4 Å². The highest BCUT2D eigenvalue weighted by Gasteiger charge is 2.44. The van der Waals surface area contributed by atoms with Crippen LogP contribution in [0.25, 0.3) is 0 Å². The molecule has 7 heteroatoms. The van der Waals surface area contributed by atoms with Gasteiger partial charge in [-0.25, -0.2) is 0 Å². The van der Waals surface area contributed by atoms with Crippen molar-refractivity contribution in [3.8, 4) is 5.75 Å². The van der Waals surface area contributed by atoms with Crippen molar-refractivity contribution >= 4 is 46.4 Å². The summed E-state index contributed by atoms with van der Waals surface area (Å²) in [6.07, 6.45) is 4.15. The topological polar surface area (TPSA) is 47.6 Å². The molecule has 0 saturated heterocycles. The van der Waals surface area contributed by atoms with Gasteiger partial charge in [0.25, 0.3) is 0 Å². The Hall–Kier alpha value is -1.46. The number of benzene rings is 2. The summed E-state index contributed by atoms with van der Waals surface area (Å²) in [5.74, 6) is 0.490. The number of carbonyl (C=O) groups is 1. The minimum Gasteiger partial charge on any atom is -0.492 e. The summed E-state index contributed by atoms with van der Waals surface area (Å²) in [4.78, 5) is 13.4. The molecule has 0 unspecified atom stereocenters. The van der Waals surface area contributed by atoms with Gasteiger partial charge in [0, 0.05) is 29.3 Å². The third-order valence-corrected chi connectivity index (χ3v) is 6.89. The number of amides is 1. The highest BCUT2D eigenvalue weighted by molar-refractivity contribution is 6.35. The van der Waals surface area contributed by atoms with Crippen LogP contribution < -0.4 is 10.1 Å². The number of anilines is 1. The van der Waals surface area contributed by atoms with E-state index in [0.717, 1.165) is 37.7 Å². The maximum Gasteiger partial charge on any atom is 0.235 e. The van der Waals surface area contributed by atoms with Crippen LogP contribution in [-0.4, -0.2) is 25.2 Å². The lowest BCUT2D eigenvalue weighted by molar-refractivity contribution is -0.121. The van der Waals surface area contributed by atoms with E-state index in [9.17, 15) is 4.79 Å². The Morgan fingerprint density at radius 3 is 2.39 bits per heavy atom. The molecule has 0 aromatic heterocycles. The SMILES string of the molecule is COC(C)(C)CCOc1ccc(NC(=O)C2(c3ccc(Cl)cc3Cl)CCCC2)cc1Cl. The summed E-state index contributed by atoms with van der Waals surface area (Å²) in [6.45, 7) is 4.48. The Bertz CT molecular complexity index is 940. The van der Waals surface area contributed by atoms with Crippen molar-refractivity contribution in [1.82, 2.24) is 0 Å². The molecule has 4 nitrogen and oxygen atoms in total. The summed E-state index contributed by atoms with van der Waals surface area (Å²) in [7, 11) is 1.68. The average Bonchev–Trinajstić information content (AvgIpc) is 3.20. The molecule has 0 heterocycles. The summed E-state index contributed by atoms with van der Waals surface area (Å²) in [5, 5.41) is 4.55. The highest BCUT2D eigenvalue weighted by Crippen LogP contribution is 2.45. The molecule has 2 aromatic rings. The predicted octanol–water partition coefficient (Wildman–Crippen LogP) is 7.29. The fourth-order valence-electron chi connectivity index (χ4n) is 3.93. The van der Waals surface area contributed by atoms with Crippen LogP contribution in [-0.2, 0) is 14.9 Å². The number of methoxy groups -OCH3 is 1. The fourth-order valence-corrected chi connectivity index (χ4v) is 4.75. The zero-order chi connectivity index (χ0) is 22.6. The third kappa shape index (κ3) is 5.67. The second-order valence-electron chi connectivity index (χ2n) is 8.57. The predicted molar refractivity (Wildman–Crippen MR) is 128 cm³/mol. The Labute approximate surface area is 199 Å². The number of halogens is 3. The molecule has 1 saturated carbocycles. The molecular weight excluding hydrogens is 457 g/mol. The Morgan fingerprint density at radius 1 is 1.06 bits per heavy atom. The van der Waals surface area contributed by atoms with Gasteiger partial charge in [0.1, 0.15) is 5.75 Å². The average molecular weight is 485 g/mol. The van der Waals surface area contributed by atoms with E-state index in [0.29, 0.717) is 33.1 Å². The van der Waals surface area contributed by atoms with E-state index >= 15 is 0 Å². The first-order valence-corrected chi connectivity index (χ1v) is 11.5. The van der Waals surface area contributed by atoms with Gasteiger partial charge in [-0.1, -0.05) is 53.7 Å². The van der Waals surface area contributed by atoms with Crippen molar-refractivity contribution in [2.24, 2.45) is 0 Å². The first-order valence-electron chi connectivity index (χ1n) is 10.4. The molecule has 3 rings (SSSR count). The maximum atomic E-state index is 13.4. The number of hydrogen-bond acceptors (Lipinski definition) is 3. The fraction of sp³-hybridized carbons (Fsp3) is 0.458.